The van der Waals surface area contributed by atoms with Gasteiger partial charge in [-0.3, -0.25) is 0 Å². The molecule has 1 aromatic carbocycles. The van der Waals surface area contributed by atoms with Crippen molar-refractivity contribution in [2.24, 2.45) is 0 Å². The Bertz CT molecular complexity index is 618. The topological polar surface area (TPSA) is 62.7 Å². The summed E-state index contributed by atoms with van der Waals surface area (Å²) in [6, 6.07) is 8.57. The molecule has 0 saturated carbocycles. The maximum Gasteiger partial charge on any atom is 0.249 e. The van der Waals surface area contributed by atoms with E-state index in [9.17, 15) is 0 Å². The molecule has 22 heavy (non-hydrogen) atoms. The standard InChI is InChI=1S/C17H25N5/c1-6-12(2)19-15-11-18-22-16(21-15)20-14-10-8-7-9-13(14)17(3,4)5/h7-12H,6H2,1-5H3,(H2,19,20,21,22). The van der Waals surface area contributed by atoms with Crippen molar-refractivity contribution in [2.75, 3.05) is 10.6 Å². The molecule has 0 radical (unpaired) electrons. The monoisotopic (exact) mass is 299 g/mol. The molecular weight excluding hydrogens is 274 g/mol. The van der Waals surface area contributed by atoms with Crippen LogP contribution in [-0.4, -0.2) is 21.2 Å². The maximum atomic E-state index is 4.48. The first-order valence-electron chi connectivity index (χ1n) is 7.73. The maximum absolute atomic E-state index is 4.48. The molecule has 0 bridgehead atoms. The van der Waals surface area contributed by atoms with E-state index in [2.05, 4.69) is 66.5 Å². The second kappa shape index (κ2) is 6.73. The van der Waals surface area contributed by atoms with Crippen molar-refractivity contribution in [3.05, 3.63) is 36.0 Å². The molecule has 2 rings (SSSR count). The lowest BCUT2D eigenvalue weighted by molar-refractivity contribution is 0.592. The first-order chi connectivity index (χ1) is 10.4. The molecule has 1 atom stereocenters. The van der Waals surface area contributed by atoms with E-state index in [1.54, 1.807) is 6.20 Å². The number of hydrogen-bond donors (Lipinski definition) is 2. The van der Waals surface area contributed by atoms with Gasteiger partial charge in [0, 0.05) is 11.7 Å². The van der Waals surface area contributed by atoms with Crippen molar-refractivity contribution in [3.63, 3.8) is 0 Å². The van der Waals surface area contributed by atoms with Gasteiger partial charge in [0.15, 0.2) is 5.82 Å². The van der Waals surface area contributed by atoms with E-state index in [1.165, 1.54) is 5.56 Å². The molecule has 1 aromatic heterocycles. The van der Waals surface area contributed by atoms with Gasteiger partial charge in [-0.05, 0) is 30.4 Å². The highest BCUT2D eigenvalue weighted by Gasteiger charge is 2.18. The highest BCUT2D eigenvalue weighted by atomic mass is 15.3. The lowest BCUT2D eigenvalue weighted by atomic mass is 9.86. The third-order valence-electron chi connectivity index (χ3n) is 3.55. The third kappa shape index (κ3) is 4.16. The molecule has 0 aliphatic rings. The Morgan fingerprint density at radius 1 is 1.18 bits per heavy atom. The number of anilines is 3. The molecule has 1 heterocycles. The van der Waals surface area contributed by atoms with Gasteiger partial charge in [-0.1, -0.05) is 45.9 Å². The summed E-state index contributed by atoms with van der Waals surface area (Å²) in [6.07, 6.45) is 2.67. The van der Waals surface area contributed by atoms with E-state index in [0.717, 1.165) is 17.9 Å². The number of rotatable bonds is 5. The largest absolute Gasteiger partial charge is 0.366 e. The van der Waals surface area contributed by atoms with Crippen molar-refractivity contribution in [1.29, 1.82) is 0 Å². The highest BCUT2D eigenvalue weighted by Crippen LogP contribution is 2.30. The SMILES string of the molecule is CCC(C)Nc1cnnc(Nc2ccccc2C(C)(C)C)n1. The van der Waals surface area contributed by atoms with Crippen LogP contribution in [0.15, 0.2) is 30.5 Å². The van der Waals surface area contributed by atoms with Gasteiger partial charge in [0.2, 0.25) is 5.95 Å². The molecule has 5 nitrogen and oxygen atoms in total. The van der Waals surface area contributed by atoms with E-state index < -0.39 is 0 Å². The quantitative estimate of drug-likeness (QED) is 0.869. The molecule has 2 aromatic rings. The van der Waals surface area contributed by atoms with Crippen LogP contribution in [0.5, 0.6) is 0 Å². The molecule has 0 aliphatic carbocycles. The number of aromatic nitrogens is 3. The Labute approximate surface area is 132 Å². The molecule has 0 aliphatic heterocycles. The fourth-order valence-electron chi connectivity index (χ4n) is 2.15. The predicted octanol–water partition coefficient (Wildman–Crippen LogP) is 4.12. The molecule has 5 heteroatoms. The van der Waals surface area contributed by atoms with Crippen LogP contribution < -0.4 is 10.6 Å². The lowest BCUT2D eigenvalue weighted by Gasteiger charge is -2.23. The summed E-state index contributed by atoms with van der Waals surface area (Å²) in [4.78, 5) is 4.48. The number of para-hydroxylation sites is 1. The van der Waals surface area contributed by atoms with E-state index in [-0.39, 0.29) is 5.41 Å². The molecule has 118 valence electrons. The van der Waals surface area contributed by atoms with Crippen molar-refractivity contribution >= 4 is 17.5 Å². The lowest BCUT2D eigenvalue weighted by Crippen LogP contribution is -2.16. The minimum Gasteiger partial charge on any atom is -0.366 e. The van der Waals surface area contributed by atoms with E-state index >= 15 is 0 Å². The fourth-order valence-corrected chi connectivity index (χ4v) is 2.15. The average Bonchev–Trinajstić information content (AvgIpc) is 2.47. The Morgan fingerprint density at radius 3 is 2.59 bits per heavy atom. The van der Waals surface area contributed by atoms with E-state index in [1.807, 2.05) is 18.2 Å². The van der Waals surface area contributed by atoms with Crippen LogP contribution in [0.25, 0.3) is 0 Å². The van der Waals surface area contributed by atoms with Crippen molar-refractivity contribution in [2.45, 2.75) is 52.5 Å². The van der Waals surface area contributed by atoms with Crippen LogP contribution in [0.3, 0.4) is 0 Å². The van der Waals surface area contributed by atoms with Crippen LogP contribution in [0, 0.1) is 0 Å². The average molecular weight is 299 g/mol. The highest BCUT2D eigenvalue weighted by molar-refractivity contribution is 5.60. The van der Waals surface area contributed by atoms with Gasteiger partial charge in [0.1, 0.15) is 0 Å². The summed E-state index contributed by atoms with van der Waals surface area (Å²) in [7, 11) is 0. The van der Waals surface area contributed by atoms with Gasteiger partial charge in [-0.25, -0.2) is 0 Å². The minimum absolute atomic E-state index is 0.0452. The normalized spacial score (nSPS) is 12.8. The Balaban J connectivity index is 2.23. The zero-order valence-corrected chi connectivity index (χ0v) is 14.0. The summed E-state index contributed by atoms with van der Waals surface area (Å²) in [6.45, 7) is 10.8. The smallest absolute Gasteiger partial charge is 0.249 e. The molecule has 0 fully saturated rings. The zero-order valence-electron chi connectivity index (χ0n) is 14.0. The number of benzene rings is 1. The van der Waals surface area contributed by atoms with Gasteiger partial charge < -0.3 is 10.6 Å². The Hall–Kier alpha value is -2.17. The first-order valence-corrected chi connectivity index (χ1v) is 7.73. The predicted molar refractivity (Wildman–Crippen MR) is 91.6 cm³/mol. The molecule has 0 saturated heterocycles. The second-order valence-corrected chi connectivity index (χ2v) is 6.54. The van der Waals surface area contributed by atoms with Gasteiger partial charge in [0.05, 0.1) is 6.20 Å². The van der Waals surface area contributed by atoms with E-state index in [0.29, 0.717) is 12.0 Å². The Kier molecular flexibility index (Phi) is 4.96. The van der Waals surface area contributed by atoms with Crippen LogP contribution in [0.2, 0.25) is 0 Å². The van der Waals surface area contributed by atoms with Crippen LogP contribution in [0.1, 0.15) is 46.6 Å². The van der Waals surface area contributed by atoms with E-state index in [4.69, 9.17) is 0 Å². The zero-order chi connectivity index (χ0) is 16.2. The van der Waals surface area contributed by atoms with Gasteiger partial charge >= 0.3 is 0 Å². The fraction of sp³-hybridized carbons (Fsp3) is 0.471. The number of nitrogens with one attached hydrogen (secondary N) is 2. The Morgan fingerprint density at radius 2 is 1.91 bits per heavy atom. The van der Waals surface area contributed by atoms with Crippen molar-refractivity contribution in [1.82, 2.24) is 15.2 Å². The minimum atomic E-state index is 0.0452. The summed E-state index contributed by atoms with van der Waals surface area (Å²) in [5, 5.41) is 14.7. The number of nitrogens with zero attached hydrogens (tertiary/aromatic N) is 3. The van der Waals surface area contributed by atoms with Crippen molar-refractivity contribution in [3.8, 4) is 0 Å². The third-order valence-corrected chi connectivity index (χ3v) is 3.55. The van der Waals surface area contributed by atoms with Crippen molar-refractivity contribution < 1.29 is 0 Å². The summed E-state index contributed by atoms with van der Waals surface area (Å²) in [5.41, 5.74) is 2.28. The summed E-state index contributed by atoms with van der Waals surface area (Å²) in [5.74, 6) is 1.24. The molecule has 2 N–H and O–H groups in total. The van der Waals surface area contributed by atoms with Crippen LogP contribution >= 0.6 is 0 Å². The first kappa shape index (κ1) is 16.2. The molecular formula is C17H25N5. The summed E-state index contributed by atoms with van der Waals surface area (Å²) < 4.78 is 0. The second-order valence-electron chi connectivity index (χ2n) is 6.54. The van der Waals surface area contributed by atoms with Crippen LogP contribution in [0.4, 0.5) is 17.5 Å². The van der Waals surface area contributed by atoms with Gasteiger partial charge in [-0.15, -0.1) is 5.10 Å². The molecule has 0 spiro atoms. The molecule has 0 amide bonds. The molecule has 1 unspecified atom stereocenters. The summed E-state index contributed by atoms with van der Waals surface area (Å²) >= 11 is 0. The van der Waals surface area contributed by atoms with Gasteiger partial charge in [-0.2, -0.15) is 10.1 Å². The van der Waals surface area contributed by atoms with Crippen LogP contribution in [-0.2, 0) is 5.41 Å². The number of hydrogen-bond acceptors (Lipinski definition) is 5. The van der Waals surface area contributed by atoms with Gasteiger partial charge in [0.25, 0.3) is 0 Å².